The van der Waals surface area contributed by atoms with Crippen molar-refractivity contribution in [3.05, 3.63) is 34.9 Å². The Balaban J connectivity index is 1.72. The van der Waals surface area contributed by atoms with Crippen molar-refractivity contribution < 1.29 is 9.47 Å². The van der Waals surface area contributed by atoms with Gasteiger partial charge >= 0.3 is 0 Å². The van der Waals surface area contributed by atoms with Crippen LogP contribution in [0.3, 0.4) is 0 Å². The van der Waals surface area contributed by atoms with E-state index in [0.717, 1.165) is 18.7 Å². The molecule has 0 aliphatic carbocycles. The predicted octanol–water partition coefficient (Wildman–Crippen LogP) is 2.08. The summed E-state index contributed by atoms with van der Waals surface area (Å²) in [5.74, 6) is 0.644. The monoisotopic (exact) mass is 252 g/mol. The van der Waals surface area contributed by atoms with E-state index in [0.29, 0.717) is 17.7 Å². The molecule has 0 aromatic heterocycles. The summed E-state index contributed by atoms with van der Waals surface area (Å²) in [4.78, 5) is 0. The number of hydrazone groups is 1. The molecule has 0 amide bonds. The summed E-state index contributed by atoms with van der Waals surface area (Å²) in [7, 11) is 0. The summed E-state index contributed by atoms with van der Waals surface area (Å²) in [6.45, 7) is 4.12. The summed E-state index contributed by atoms with van der Waals surface area (Å²) >= 11 is 5.83. The van der Waals surface area contributed by atoms with Gasteiger partial charge in [0.1, 0.15) is 5.60 Å². The Morgan fingerprint density at radius 1 is 1.41 bits per heavy atom. The fraction of sp³-hybridized carbons (Fsp3) is 0.417. The molecule has 5 heteroatoms. The lowest BCUT2D eigenvalue weighted by molar-refractivity contribution is 0.135. The van der Waals surface area contributed by atoms with Crippen LogP contribution in [0.15, 0.2) is 29.4 Å². The molecule has 1 aromatic carbocycles. The number of benzene rings is 1. The third kappa shape index (κ3) is 2.37. The van der Waals surface area contributed by atoms with Crippen LogP contribution < -0.4 is 0 Å². The first kappa shape index (κ1) is 10.9. The van der Waals surface area contributed by atoms with Crippen LogP contribution in [0.4, 0.5) is 0 Å². The van der Waals surface area contributed by atoms with E-state index >= 15 is 0 Å². The number of halogens is 1. The Bertz CT molecular complexity index is 454. The molecule has 0 bridgehead atoms. The summed E-state index contributed by atoms with van der Waals surface area (Å²) in [6, 6.07) is 7.47. The number of epoxide rings is 1. The molecule has 0 saturated carbocycles. The molecule has 1 unspecified atom stereocenters. The van der Waals surface area contributed by atoms with Crippen LogP contribution in [0.2, 0.25) is 5.02 Å². The van der Waals surface area contributed by atoms with Gasteiger partial charge in [0.15, 0.2) is 6.73 Å². The van der Waals surface area contributed by atoms with Crippen LogP contribution in [-0.4, -0.2) is 36.4 Å². The van der Waals surface area contributed by atoms with Gasteiger partial charge in [-0.2, -0.15) is 0 Å². The molecule has 1 fully saturated rings. The molecular weight excluding hydrogens is 240 g/mol. The van der Waals surface area contributed by atoms with Gasteiger partial charge in [-0.3, -0.25) is 5.01 Å². The minimum atomic E-state index is -0.0394. The lowest BCUT2D eigenvalue weighted by Gasteiger charge is -2.13. The largest absolute Gasteiger partial charge is 0.453 e. The van der Waals surface area contributed by atoms with E-state index in [1.54, 1.807) is 0 Å². The second-order valence-corrected chi connectivity index (χ2v) is 5.03. The number of hydrogen-bond donors (Lipinski definition) is 0. The van der Waals surface area contributed by atoms with Crippen molar-refractivity contribution in [2.75, 3.05) is 19.9 Å². The topological polar surface area (TPSA) is 37.4 Å². The van der Waals surface area contributed by atoms with Crippen LogP contribution in [-0.2, 0) is 9.47 Å². The quantitative estimate of drug-likeness (QED) is 0.773. The molecule has 2 aliphatic rings. The maximum Gasteiger partial charge on any atom is 0.240 e. The summed E-state index contributed by atoms with van der Waals surface area (Å²) in [5.41, 5.74) is 0.904. The zero-order valence-corrected chi connectivity index (χ0v) is 10.3. The fourth-order valence-electron chi connectivity index (χ4n) is 1.74. The minimum Gasteiger partial charge on any atom is -0.453 e. The van der Waals surface area contributed by atoms with Gasteiger partial charge in [0, 0.05) is 10.6 Å². The minimum absolute atomic E-state index is 0.0394. The summed E-state index contributed by atoms with van der Waals surface area (Å²) in [6.07, 6.45) is 0. The van der Waals surface area contributed by atoms with E-state index in [4.69, 9.17) is 21.1 Å². The normalized spacial score (nSPS) is 26.7. The standard InChI is InChI=1S/C12H13ClN2O2/c1-12(7-17-12)6-15-8-16-11(14-15)9-2-4-10(13)5-3-9/h2-5H,6-8H2,1H3. The third-order valence-corrected chi connectivity index (χ3v) is 3.08. The van der Waals surface area contributed by atoms with Crippen molar-refractivity contribution >= 4 is 17.5 Å². The molecule has 2 heterocycles. The highest BCUT2D eigenvalue weighted by Crippen LogP contribution is 2.28. The van der Waals surface area contributed by atoms with Crippen LogP contribution in [0, 0.1) is 0 Å². The van der Waals surface area contributed by atoms with Crippen LogP contribution in [0.1, 0.15) is 12.5 Å². The highest BCUT2D eigenvalue weighted by Gasteiger charge is 2.42. The van der Waals surface area contributed by atoms with Crippen molar-refractivity contribution in [3.8, 4) is 0 Å². The van der Waals surface area contributed by atoms with Gasteiger partial charge in [-0.05, 0) is 31.2 Å². The number of rotatable bonds is 3. The van der Waals surface area contributed by atoms with Gasteiger partial charge in [0.05, 0.1) is 13.2 Å². The molecule has 1 atom stereocenters. The first-order valence-electron chi connectivity index (χ1n) is 5.51. The molecule has 17 heavy (non-hydrogen) atoms. The van der Waals surface area contributed by atoms with Gasteiger partial charge in [-0.15, -0.1) is 5.10 Å². The highest BCUT2D eigenvalue weighted by atomic mass is 35.5. The van der Waals surface area contributed by atoms with Crippen molar-refractivity contribution in [1.29, 1.82) is 0 Å². The van der Waals surface area contributed by atoms with E-state index in [9.17, 15) is 0 Å². The second kappa shape index (κ2) is 3.89. The Morgan fingerprint density at radius 3 is 2.76 bits per heavy atom. The van der Waals surface area contributed by atoms with Gasteiger partial charge in [-0.1, -0.05) is 11.6 Å². The lowest BCUT2D eigenvalue weighted by Crippen LogP contribution is -2.27. The van der Waals surface area contributed by atoms with Crippen molar-refractivity contribution in [3.63, 3.8) is 0 Å². The zero-order valence-electron chi connectivity index (χ0n) is 9.52. The maximum absolute atomic E-state index is 5.83. The van der Waals surface area contributed by atoms with Crippen molar-refractivity contribution in [1.82, 2.24) is 5.01 Å². The van der Waals surface area contributed by atoms with Gasteiger partial charge in [-0.25, -0.2) is 0 Å². The van der Waals surface area contributed by atoms with E-state index in [1.807, 2.05) is 29.3 Å². The first-order valence-corrected chi connectivity index (χ1v) is 5.89. The summed E-state index contributed by atoms with van der Waals surface area (Å²) in [5, 5.41) is 7.02. The average molecular weight is 253 g/mol. The Kier molecular flexibility index (Phi) is 2.49. The van der Waals surface area contributed by atoms with Gasteiger partial charge in [0.2, 0.25) is 5.90 Å². The van der Waals surface area contributed by atoms with Crippen molar-refractivity contribution in [2.45, 2.75) is 12.5 Å². The molecule has 0 spiro atoms. The van der Waals surface area contributed by atoms with Crippen LogP contribution in [0.5, 0.6) is 0 Å². The van der Waals surface area contributed by atoms with Gasteiger partial charge < -0.3 is 9.47 Å². The van der Waals surface area contributed by atoms with Crippen molar-refractivity contribution in [2.24, 2.45) is 5.10 Å². The molecular formula is C12H13ClN2O2. The summed E-state index contributed by atoms with van der Waals surface area (Å²) < 4.78 is 10.9. The van der Waals surface area contributed by atoms with E-state index in [2.05, 4.69) is 12.0 Å². The van der Waals surface area contributed by atoms with E-state index < -0.39 is 0 Å². The second-order valence-electron chi connectivity index (χ2n) is 4.59. The van der Waals surface area contributed by atoms with Crippen LogP contribution in [0.25, 0.3) is 0 Å². The smallest absolute Gasteiger partial charge is 0.240 e. The molecule has 3 rings (SSSR count). The Morgan fingerprint density at radius 2 is 2.12 bits per heavy atom. The molecule has 0 N–H and O–H groups in total. The molecule has 1 saturated heterocycles. The number of ether oxygens (including phenoxy) is 2. The van der Waals surface area contributed by atoms with Gasteiger partial charge in [0.25, 0.3) is 0 Å². The molecule has 4 nitrogen and oxygen atoms in total. The predicted molar refractivity (Wildman–Crippen MR) is 65.0 cm³/mol. The average Bonchev–Trinajstić information content (AvgIpc) is 2.86. The SMILES string of the molecule is CC1(CN2COC(c3ccc(Cl)cc3)=N2)CO1. The third-order valence-electron chi connectivity index (χ3n) is 2.83. The first-order chi connectivity index (χ1) is 8.15. The van der Waals surface area contributed by atoms with E-state index in [-0.39, 0.29) is 5.60 Å². The Hall–Kier alpha value is -1.26. The van der Waals surface area contributed by atoms with E-state index in [1.165, 1.54) is 0 Å². The Labute approximate surface area is 105 Å². The number of hydrogen-bond acceptors (Lipinski definition) is 4. The lowest BCUT2D eigenvalue weighted by atomic mass is 10.2. The molecule has 0 radical (unpaired) electrons. The zero-order chi connectivity index (χ0) is 11.9. The maximum atomic E-state index is 5.83. The number of nitrogens with zero attached hydrogens (tertiary/aromatic N) is 2. The molecule has 2 aliphatic heterocycles. The van der Waals surface area contributed by atoms with Crippen LogP contribution >= 0.6 is 11.6 Å². The highest BCUT2D eigenvalue weighted by molar-refractivity contribution is 6.30. The molecule has 1 aromatic rings. The fourth-order valence-corrected chi connectivity index (χ4v) is 1.86. The molecule has 90 valence electrons.